The molecule has 1 aromatic heterocycles. The molecule has 0 aliphatic carbocycles. The average molecular weight is 393 g/mol. The minimum atomic E-state index is -1.19. The van der Waals surface area contributed by atoms with E-state index >= 15 is 0 Å². The van der Waals surface area contributed by atoms with Crippen molar-refractivity contribution in [1.29, 1.82) is 0 Å². The number of H-pyrrole nitrogens is 1. The molecular formula is C18H17ClN2O6. The molecule has 1 N–H and O–H groups in total. The molecule has 0 bridgehead atoms. The van der Waals surface area contributed by atoms with E-state index in [2.05, 4.69) is 4.98 Å². The monoisotopic (exact) mass is 392 g/mol. The number of nitrogens with zero attached hydrogens (tertiary/aromatic N) is 1. The van der Waals surface area contributed by atoms with Crippen LogP contribution in [0.4, 0.5) is 5.69 Å². The number of ether oxygens (including phenoxy) is 1. The number of carbonyl (C=O) groups excluding carboxylic acids is 3. The lowest BCUT2D eigenvalue weighted by molar-refractivity contribution is -0.384. The highest BCUT2D eigenvalue weighted by molar-refractivity contribution is 6.33. The number of nitro groups is 1. The second-order valence-electron chi connectivity index (χ2n) is 6.01. The summed E-state index contributed by atoms with van der Waals surface area (Å²) >= 11 is 5.91. The Morgan fingerprint density at radius 2 is 1.89 bits per heavy atom. The summed E-state index contributed by atoms with van der Waals surface area (Å²) in [7, 11) is 0. The number of benzene rings is 1. The van der Waals surface area contributed by atoms with Crippen molar-refractivity contribution in [3.63, 3.8) is 0 Å². The summed E-state index contributed by atoms with van der Waals surface area (Å²) in [5, 5.41) is 10.8. The van der Waals surface area contributed by atoms with Crippen molar-refractivity contribution in [1.82, 2.24) is 4.98 Å². The number of Topliss-reactive ketones (excluding diaryl/α,β-unsaturated/α-hetero) is 2. The van der Waals surface area contributed by atoms with E-state index in [1.165, 1.54) is 19.9 Å². The third-order valence-corrected chi connectivity index (χ3v) is 4.40. The third-order valence-electron chi connectivity index (χ3n) is 4.07. The highest BCUT2D eigenvalue weighted by Gasteiger charge is 2.27. The molecule has 27 heavy (non-hydrogen) atoms. The number of hydrogen-bond acceptors (Lipinski definition) is 6. The number of nitro benzene ring substituents is 1. The van der Waals surface area contributed by atoms with Crippen LogP contribution in [0.2, 0.25) is 5.02 Å². The second kappa shape index (κ2) is 7.71. The second-order valence-corrected chi connectivity index (χ2v) is 6.42. The van der Waals surface area contributed by atoms with Crippen LogP contribution in [0.25, 0.3) is 0 Å². The van der Waals surface area contributed by atoms with Gasteiger partial charge in [-0.2, -0.15) is 0 Å². The van der Waals surface area contributed by atoms with Gasteiger partial charge in [-0.15, -0.1) is 0 Å². The number of aryl methyl sites for hydroxylation is 1. The molecule has 0 radical (unpaired) electrons. The Hall–Kier alpha value is -3.00. The molecule has 8 nitrogen and oxygen atoms in total. The Bertz CT molecular complexity index is 963. The lowest BCUT2D eigenvalue weighted by Gasteiger charge is -2.13. The van der Waals surface area contributed by atoms with Crippen molar-refractivity contribution in [2.45, 2.75) is 33.8 Å². The third kappa shape index (κ3) is 4.06. The van der Waals surface area contributed by atoms with Crippen LogP contribution in [-0.4, -0.2) is 33.5 Å². The first-order valence-electron chi connectivity index (χ1n) is 7.93. The van der Waals surface area contributed by atoms with Crippen LogP contribution >= 0.6 is 11.6 Å². The maximum atomic E-state index is 12.6. The maximum absolute atomic E-state index is 12.6. The molecule has 2 aromatic rings. The fourth-order valence-electron chi connectivity index (χ4n) is 2.79. The summed E-state index contributed by atoms with van der Waals surface area (Å²) < 4.78 is 5.13. The number of halogens is 1. The molecule has 2 rings (SSSR count). The number of aromatic amines is 1. The molecule has 0 fully saturated rings. The average Bonchev–Trinajstić information content (AvgIpc) is 2.88. The van der Waals surface area contributed by atoms with E-state index in [0.29, 0.717) is 16.8 Å². The lowest BCUT2D eigenvalue weighted by Crippen LogP contribution is -2.25. The van der Waals surface area contributed by atoms with Gasteiger partial charge in [-0.1, -0.05) is 11.6 Å². The maximum Gasteiger partial charge on any atom is 0.340 e. The number of aromatic nitrogens is 1. The SMILES string of the molecule is CC(=O)c1c(C)[nH]c(C(=O)C(C)OC(=O)c2cc([N+](=O)[O-])ccc2Cl)c1C. The van der Waals surface area contributed by atoms with Crippen molar-refractivity contribution in [3.05, 3.63) is 61.4 Å². The van der Waals surface area contributed by atoms with Crippen LogP contribution in [0.3, 0.4) is 0 Å². The van der Waals surface area contributed by atoms with E-state index in [1.807, 2.05) is 0 Å². The van der Waals surface area contributed by atoms with E-state index in [0.717, 1.165) is 12.1 Å². The summed E-state index contributed by atoms with van der Waals surface area (Å²) in [6.07, 6.45) is -1.19. The highest BCUT2D eigenvalue weighted by atomic mass is 35.5. The van der Waals surface area contributed by atoms with Crippen LogP contribution in [0.1, 0.15) is 56.3 Å². The summed E-state index contributed by atoms with van der Waals surface area (Å²) in [5.41, 5.74) is 1.06. The van der Waals surface area contributed by atoms with Gasteiger partial charge in [-0.25, -0.2) is 4.79 Å². The zero-order valence-corrected chi connectivity index (χ0v) is 15.8. The van der Waals surface area contributed by atoms with Gasteiger partial charge >= 0.3 is 5.97 Å². The topological polar surface area (TPSA) is 119 Å². The highest BCUT2D eigenvalue weighted by Crippen LogP contribution is 2.24. The van der Waals surface area contributed by atoms with Gasteiger partial charge in [0.1, 0.15) is 0 Å². The molecule has 1 atom stereocenters. The van der Waals surface area contributed by atoms with Crippen molar-refractivity contribution in [2.24, 2.45) is 0 Å². The molecule has 0 amide bonds. The Morgan fingerprint density at radius 3 is 2.41 bits per heavy atom. The molecule has 0 spiro atoms. The molecule has 1 aromatic carbocycles. The largest absolute Gasteiger partial charge is 0.451 e. The fraction of sp³-hybridized carbons (Fsp3) is 0.278. The van der Waals surface area contributed by atoms with Crippen LogP contribution in [0.15, 0.2) is 18.2 Å². The molecule has 1 heterocycles. The van der Waals surface area contributed by atoms with Gasteiger partial charge < -0.3 is 9.72 Å². The van der Waals surface area contributed by atoms with Crippen LogP contribution in [-0.2, 0) is 4.74 Å². The van der Waals surface area contributed by atoms with Gasteiger partial charge in [-0.05, 0) is 39.3 Å². The minimum absolute atomic E-state index is 0.0315. The van der Waals surface area contributed by atoms with Crippen LogP contribution in [0.5, 0.6) is 0 Å². The molecule has 9 heteroatoms. The van der Waals surface area contributed by atoms with Crippen LogP contribution < -0.4 is 0 Å². The lowest BCUT2D eigenvalue weighted by atomic mass is 10.0. The summed E-state index contributed by atoms with van der Waals surface area (Å²) in [6.45, 7) is 6.05. The number of carbonyl (C=O) groups is 3. The number of nitrogens with one attached hydrogen (secondary N) is 1. The Balaban J connectivity index is 2.26. The number of non-ortho nitro benzene ring substituents is 1. The summed E-state index contributed by atoms with van der Waals surface area (Å²) in [4.78, 5) is 49.6. The smallest absolute Gasteiger partial charge is 0.340 e. The summed E-state index contributed by atoms with van der Waals surface area (Å²) in [6, 6.07) is 3.35. The summed E-state index contributed by atoms with van der Waals surface area (Å²) in [5.74, 6) is -1.68. The molecule has 142 valence electrons. The molecule has 0 aliphatic rings. The van der Waals surface area contributed by atoms with E-state index in [1.54, 1.807) is 13.8 Å². The molecule has 0 saturated carbocycles. The fourth-order valence-corrected chi connectivity index (χ4v) is 2.98. The molecular weight excluding hydrogens is 376 g/mol. The van der Waals surface area contributed by atoms with Crippen molar-refractivity contribution in [2.75, 3.05) is 0 Å². The predicted molar refractivity (Wildman–Crippen MR) is 97.6 cm³/mol. The number of rotatable bonds is 6. The standard InChI is InChI=1S/C18H17ClN2O6/c1-8-15(10(3)22)9(2)20-16(8)17(23)11(4)27-18(24)13-7-12(21(25)26)5-6-14(13)19/h5-7,11,20H,1-4H3. The van der Waals surface area contributed by atoms with Crippen molar-refractivity contribution in [3.8, 4) is 0 Å². The van der Waals surface area contributed by atoms with E-state index in [4.69, 9.17) is 16.3 Å². The molecule has 0 aliphatic heterocycles. The zero-order valence-electron chi connectivity index (χ0n) is 15.1. The number of hydrogen-bond donors (Lipinski definition) is 1. The van der Waals surface area contributed by atoms with E-state index in [-0.39, 0.29) is 27.8 Å². The molecule has 1 unspecified atom stereocenters. The van der Waals surface area contributed by atoms with Gasteiger partial charge in [0, 0.05) is 23.4 Å². The zero-order chi connectivity index (χ0) is 20.5. The Labute approximate surface area is 159 Å². The van der Waals surface area contributed by atoms with Gasteiger partial charge in [0.2, 0.25) is 5.78 Å². The minimum Gasteiger partial charge on any atom is -0.451 e. The van der Waals surface area contributed by atoms with Gasteiger partial charge in [0.25, 0.3) is 5.69 Å². The van der Waals surface area contributed by atoms with E-state index in [9.17, 15) is 24.5 Å². The van der Waals surface area contributed by atoms with Crippen molar-refractivity contribution >= 4 is 34.8 Å². The molecule has 0 saturated heterocycles. The quantitative estimate of drug-likeness (QED) is 0.345. The first-order valence-corrected chi connectivity index (χ1v) is 8.31. The Kier molecular flexibility index (Phi) is 5.80. The van der Waals surface area contributed by atoms with Crippen molar-refractivity contribution < 1.29 is 24.0 Å². The van der Waals surface area contributed by atoms with Gasteiger partial charge in [0.15, 0.2) is 11.9 Å². The first-order chi connectivity index (χ1) is 12.5. The van der Waals surface area contributed by atoms with Gasteiger partial charge in [-0.3, -0.25) is 19.7 Å². The van der Waals surface area contributed by atoms with Crippen LogP contribution in [0, 0.1) is 24.0 Å². The number of ketones is 2. The van der Waals surface area contributed by atoms with Gasteiger partial charge in [0.05, 0.1) is 21.2 Å². The first kappa shape index (κ1) is 20.3. The number of esters is 1. The Morgan fingerprint density at radius 1 is 1.26 bits per heavy atom. The van der Waals surface area contributed by atoms with E-state index < -0.39 is 22.8 Å². The normalized spacial score (nSPS) is 11.7. The predicted octanol–water partition coefficient (Wildman–Crippen LogP) is 3.82.